The Morgan fingerprint density at radius 2 is 1.66 bits per heavy atom. The van der Waals surface area contributed by atoms with E-state index in [1.807, 2.05) is 54.6 Å². The van der Waals surface area contributed by atoms with Crippen LogP contribution in [0.2, 0.25) is 0 Å². The minimum Gasteiger partial charge on any atom is -0.371 e. The number of hydrogen-bond donors (Lipinski definition) is 3. The first-order valence-electron chi connectivity index (χ1n) is 8.98. The van der Waals surface area contributed by atoms with Gasteiger partial charge in [-0.05, 0) is 29.8 Å². The molecule has 0 saturated heterocycles. The molecule has 0 aliphatic heterocycles. The van der Waals surface area contributed by atoms with Gasteiger partial charge >= 0.3 is 0 Å². The van der Waals surface area contributed by atoms with E-state index < -0.39 is 16.1 Å². The summed E-state index contributed by atoms with van der Waals surface area (Å²) < 4.78 is 23.4. The average Bonchev–Trinajstić information content (AvgIpc) is 3.16. The highest BCUT2D eigenvalue weighted by Crippen LogP contribution is 2.28. The number of ketones is 1. The number of anilines is 1. The molecular weight excluding hydrogens is 386 g/mol. The number of Topliss-reactive ketones (excluding diaryl/α,β-unsaturated/α-hetero) is 1. The molecule has 0 aliphatic carbocycles. The lowest BCUT2D eigenvalue weighted by molar-refractivity contribution is 0.0971. The van der Waals surface area contributed by atoms with E-state index >= 15 is 0 Å². The first-order chi connectivity index (χ1) is 13.9. The van der Waals surface area contributed by atoms with Crippen LogP contribution >= 0.6 is 0 Å². The van der Waals surface area contributed by atoms with Crippen LogP contribution in [-0.4, -0.2) is 19.2 Å². The van der Waals surface area contributed by atoms with Crippen molar-refractivity contribution in [3.8, 4) is 0 Å². The molecule has 0 amide bonds. The number of nitrogens with one attached hydrogen (secondary N) is 2. The van der Waals surface area contributed by atoms with E-state index in [0.717, 1.165) is 16.5 Å². The van der Waals surface area contributed by atoms with E-state index in [1.165, 1.54) is 12.1 Å². The molecule has 3 aromatic carbocycles. The monoisotopic (exact) mass is 405 g/mol. The van der Waals surface area contributed by atoms with Gasteiger partial charge < -0.3 is 10.3 Å². The summed E-state index contributed by atoms with van der Waals surface area (Å²) in [6.07, 6.45) is 1.70. The van der Waals surface area contributed by atoms with Gasteiger partial charge in [-0.25, -0.2) is 13.6 Å². The molecule has 0 fully saturated rings. The Hall–Kier alpha value is -3.42. The first-order valence-corrected chi connectivity index (χ1v) is 10.5. The summed E-state index contributed by atoms with van der Waals surface area (Å²) in [4.78, 5) is 16.6. The topological polar surface area (TPSA) is 105 Å². The number of benzene rings is 3. The Bertz CT molecular complexity index is 1280. The number of sulfonamides is 1. The Morgan fingerprint density at radius 3 is 2.41 bits per heavy atom. The van der Waals surface area contributed by atoms with E-state index in [4.69, 9.17) is 5.14 Å². The summed E-state index contributed by atoms with van der Waals surface area (Å²) in [5, 5.41) is 9.25. The maximum absolute atomic E-state index is 13.5. The summed E-state index contributed by atoms with van der Waals surface area (Å²) in [7, 11) is -3.85. The smallest absolute Gasteiger partial charge is 0.238 e. The van der Waals surface area contributed by atoms with Gasteiger partial charge in [0, 0.05) is 28.4 Å². The normalized spacial score (nSPS) is 12.6. The van der Waals surface area contributed by atoms with Gasteiger partial charge in [0.2, 0.25) is 10.0 Å². The number of aromatic amines is 1. The molecule has 1 unspecified atom stereocenters. The van der Waals surface area contributed by atoms with Crippen molar-refractivity contribution in [1.82, 2.24) is 4.98 Å². The molecule has 6 nitrogen and oxygen atoms in total. The zero-order chi connectivity index (χ0) is 20.4. The molecule has 0 radical (unpaired) electrons. The number of fused-ring (bicyclic) bond motifs is 1. The second-order valence-electron chi connectivity index (χ2n) is 6.67. The second-order valence-corrected chi connectivity index (χ2v) is 8.23. The number of H-pyrrole nitrogens is 1. The molecule has 4 rings (SSSR count). The number of carbonyl (C=O) groups excluding carboxylic acids is 1. The predicted molar refractivity (Wildman–Crippen MR) is 113 cm³/mol. The van der Waals surface area contributed by atoms with Crippen LogP contribution in [-0.2, 0) is 10.0 Å². The summed E-state index contributed by atoms with van der Waals surface area (Å²) >= 11 is 0. The lowest BCUT2D eigenvalue weighted by Crippen LogP contribution is -2.21. The lowest BCUT2D eigenvalue weighted by atomic mass is 9.96. The number of carbonyl (C=O) groups is 1. The molecule has 7 heteroatoms. The first kappa shape index (κ1) is 18.9. The Morgan fingerprint density at radius 1 is 0.931 bits per heavy atom. The van der Waals surface area contributed by atoms with Crippen LogP contribution in [0, 0.1) is 0 Å². The van der Waals surface area contributed by atoms with Gasteiger partial charge in [-0.2, -0.15) is 0 Å². The molecule has 0 aliphatic rings. The third-order valence-corrected chi connectivity index (χ3v) is 5.63. The minimum atomic E-state index is -3.85. The molecule has 4 aromatic rings. The van der Waals surface area contributed by atoms with Crippen molar-refractivity contribution in [2.45, 2.75) is 10.9 Å². The fourth-order valence-electron chi connectivity index (χ4n) is 3.31. The summed E-state index contributed by atoms with van der Waals surface area (Å²) in [6, 6.07) is 22.3. The van der Waals surface area contributed by atoms with Crippen molar-refractivity contribution in [2.24, 2.45) is 5.14 Å². The molecule has 0 saturated carbocycles. The molecule has 29 heavy (non-hydrogen) atoms. The van der Waals surface area contributed by atoms with E-state index in [2.05, 4.69) is 10.3 Å². The van der Waals surface area contributed by atoms with Gasteiger partial charge in [0.25, 0.3) is 0 Å². The van der Waals surface area contributed by atoms with Crippen molar-refractivity contribution in [1.29, 1.82) is 0 Å². The Balaban J connectivity index is 1.76. The zero-order valence-corrected chi connectivity index (χ0v) is 16.2. The minimum absolute atomic E-state index is 0.0196. The van der Waals surface area contributed by atoms with E-state index in [0.29, 0.717) is 11.3 Å². The van der Waals surface area contributed by atoms with Crippen molar-refractivity contribution in [2.75, 3.05) is 5.32 Å². The van der Waals surface area contributed by atoms with Crippen LogP contribution in [0.1, 0.15) is 22.0 Å². The molecular formula is C22H19N3O3S. The highest BCUT2D eigenvalue weighted by Gasteiger charge is 2.24. The van der Waals surface area contributed by atoms with Gasteiger partial charge in [0.05, 0.1) is 4.90 Å². The summed E-state index contributed by atoms with van der Waals surface area (Å²) in [6.45, 7) is 0. The molecule has 0 bridgehead atoms. The predicted octanol–water partition coefficient (Wildman–Crippen LogP) is 3.85. The Kier molecular flexibility index (Phi) is 4.92. The second kappa shape index (κ2) is 7.54. The maximum Gasteiger partial charge on any atom is 0.238 e. The van der Waals surface area contributed by atoms with Crippen molar-refractivity contribution in [3.05, 3.63) is 96.2 Å². The van der Waals surface area contributed by atoms with Crippen LogP contribution in [0.5, 0.6) is 0 Å². The lowest BCUT2D eigenvalue weighted by Gasteiger charge is -2.19. The molecule has 146 valence electrons. The van der Waals surface area contributed by atoms with Gasteiger partial charge in [-0.3, -0.25) is 4.79 Å². The van der Waals surface area contributed by atoms with Crippen LogP contribution in [0.4, 0.5) is 5.69 Å². The number of rotatable bonds is 6. The molecule has 0 spiro atoms. The quantitative estimate of drug-likeness (QED) is 0.424. The highest BCUT2D eigenvalue weighted by molar-refractivity contribution is 7.89. The zero-order valence-electron chi connectivity index (χ0n) is 15.4. The maximum atomic E-state index is 13.5. The molecule has 1 aromatic heterocycles. The summed E-state index contributed by atoms with van der Waals surface area (Å²) in [5.74, 6) is -0.130. The van der Waals surface area contributed by atoms with E-state index in [1.54, 1.807) is 18.3 Å². The average molecular weight is 405 g/mol. The number of nitrogens with two attached hydrogens (primary N) is 1. The largest absolute Gasteiger partial charge is 0.371 e. The Labute approximate surface area is 168 Å². The third-order valence-electron chi connectivity index (χ3n) is 4.72. The van der Waals surface area contributed by atoms with Crippen molar-refractivity contribution < 1.29 is 13.2 Å². The fourth-order valence-corrected chi connectivity index (χ4v) is 3.87. The van der Waals surface area contributed by atoms with Crippen LogP contribution in [0.15, 0.2) is 90.0 Å². The number of primary sulfonamides is 1. The van der Waals surface area contributed by atoms with Crippen molar-refractivity contribution in [3.63, 3.8) is 0 Å². The van der Waals surface area contributed by atoms with Crippen LogP contribution < -0.4 is 10.5 Å². The van der Waals surface area contributed by atoms with Gasteiger partial charge in [-0.1, -0.05) is 54.6 Å². The standard InChI is InChI=1S/C22H19N3O3S/c23-29(27,28)17-10-6-9-16(13-17)25-21(15-7-2-1-3-8-15)22(26)19-14-24-20-12-5-4-11-18(19)20/h1-14,21,24-25H,(H2,23,27,28). The highest BCUT2D eigenvalue weighted by atomic mass is 32.2. The number of hydrogen-bond acceptors (Lipinski definition) is 4. The van der Waals surface area contributed by atoms with Gasteiger partial charge in [0.15, 0.2) is 5.78 Å². The number of aromatic nitrogens is 1. The van der Waals surface area contributed by atoms with Gasteiger partial charge in [0.1, 0.15) is 6.04 Å². The van der Waals surface area contributed by atoms with E-state index in [-0.39, 0.29) is 10.7 Å². The molecule has 1 atom stereocenters. The molecule has 4 N–H and O–H groups in total. The molecule has 1 heterocycles. The van der Waals surface area contributed by atoms with E-state index in [9.17, 15) is 13.2 Å². The van der Waals surface area contributed by atoms with Crippen molar-refractivity contribution >= 4 is 32.4 Å². The third kappa shape index (κ3) is 3.91. The number of para-hydroxylation sites is 1. The SMILES string of the molecule is NS(=O)(=O)c1cccc(NC(C(=O)c2c[nH]c3ccccc23)c2ccccc2)c1. The van der Waals surface area contributed by atoms with Crippen LogP contribution in [0.25, 0.3) is 10.9 Å². The fraction of sp³-hybridized carbons (Fsp3) is 0.0455. The van der Waals surface area contributed by atoms with Crippen LogP contribution in [0.3, 0.4) is 0 Å². The van der Waals surface area contributed by atoms with Gasteiger partial charge in [-0.15, -0.1) is 0 Å². The summed E-state index contributed by atoms with van der Waals surface area (Å²) in [5.41, 5.74) is 2.69.